The Bertz CT molecular complexity index is 1040. The van der Waals surface area contributed by atoms with Crippen molar-refractivity contribution in [2.45, 2.75) is 18.2 Å². The van der Waals surface area contributed by atoms with E-state index in [-0.39, 0.29) is 23.0 Å². The molecule has 0 atom stereocenters. The van der Waals surface area contributed by atoms with Crippen LogP contribution in [0.2, 0.25) is 0 Å². The van der Waals surface area contributed by atoms with Gasteiger partial charge in [-0.2, -0.15) is 0 Å². The highest BCUT2D eigenvalue weighted by Crippen LogP contribution is 2.22. The quantitative estimate of drug-likeness (QED) is 0.685. The normalized spacial score (nSPS) is 11.5. The van der Waals surface area contributed by atoms with Gasteiger partial charge in [-0.3, -0.25) is 4.79 Å². The van der Waals surface area contributed by atoms with Crippen molar-refractivity contribution >= 4 is 32.2 Å². The smallest absolute Gasteiger partial charge is 0.227 e. The van der Waals surface area contributed by atoms with E-state index in [2.05, 4.69) is 0 Å². The maximum atomic E-state index is 12.5. The average molecular weight is 367 g/mol. The van der Waals surface area contributed by atoms with Gasteiger partial charge in [-0.15, -0.1) is 0 Å². The molecule has 0 saturated carbocycles. The first kappa shape index (κ1) is 18.1. The summed E-state index contributed by atoms with van der Waals surface area (Å²) < 4.78 is 24.8. The van der Waals surface area contributed by atoms with E-state index < -0.39 is 9.84 Å². The molecule has 0 aliphatic carbocycles. The third-order valence-electron chi connectivity index (χ3n) is 4.46. The number of aryl methyl sites for hydroxylation is 1. The van der Waals surface area contributed by atoms with Crippen molar-refractivity contribution in [3.8, 4) is 0 Å². The van der Waals surface area contributed by atoms with Crippen LogP contribution in [0, 0.1) is 6.92 Å². The summed E-state index contributed by atoms with van der Waals surface area (Å²) in [6, 6.07) is 20.4. The van der Waals surface area contributed by atoms with Crippen LogP contribution in [-0.4, -0.2) is 27.1 Å². The van der Waals surface area contributed by atoms with Gasteiger partial charge in [-0.1, -0.05) is 48.0 Å². The number of rotatable bonds is 5. The summed E-state index contributed by atoms with van der Waals surface area (Å²) in [5, 5.41) is 2.14. The molecule has 0 bridgehead atoms. The summed E-state index contributed by atoms with van der Waals surface area (Å²) in [5.74, 6) is -0.428. The molecule has 0 N–H and O–H groups in total. The van der Waals surface area contributed by atoms with E-state index >= 15 is 0 Å². The molecule has 0 heterocycles. The van der Waals surface area contributed by atoms with Gasteiger partial charge in [-0.25, -0.2) is 8.42 Å². The van der Waals surface area contributed by atoms with E-state index in [1.807, 2.05) is 49.4 Å². The number of hydrogen-bond acceptors (Lipinski definition) is 3. The maximum Gasteiger partial charge on any atom is 0.227 e. The Hall–Kier alpha value is -2.66. The minimum atomic E-state index is -3.47. The minimum Gasteiger partial charge on any atom is -0.315 e. The van der Waals surface area contributed by atoms with Crippen molar-refractivity contribution in [2.75, 3.05) is 17.7 Å². The molecule has 0 aliphatic rings. The molecule has 1 amide bonds. The average Bonchev–Trinajstić information content (AvgIpc) is 2.65. The van der Waals surface area contributed by atoms with Gasteiger partial charge in [-0.05, 0) is 42.0 Å². The fourth-order valence-electron chi connectivity index (χ4n) is 2.78. The maximum absolute atomic E-state index is 12.5. The zero-order chi connectivity index (χ0) is 18.7. The zero-order valence-corrected chi connectivity index (χ0v) is 15.7. The monoisotopic (exact) mass is 367 g/mol. The third-order valence-corrected chi connectivity index (χ3v) is 6.19. The molecule has 0 aromatic heterocycles. The fraction of sp³-hybridized carbons (Fsp3) is 0.190. The Kier molecular flexibility index (Phi) is 5.09. The highest BCUT2D eigenvalue weighted by molar-refractivity contribution is 7.91. The number of carbonyl (C=O) groups is 1. The molecule has 134 valence electrons. The van der Waals surface area contributed by atoms with Gasteiger partial charge in [0.05, 0.1) is 10.6 Å². The SMILES string of the molecule is Cc1ccc(S(=O)(=O)CCC(=O)N(C)c2ccc3ccccc3c2)cc1. The van der Waals surface area contributed by atoms with Crippen LogP contribution in [0.3, 0.4) is 0 Å². The molecular weight excluding hydrogens is 346 g/mol. The van der Waals surface area contributed by atoms with Gasteiger partial charge in [0.2, 0.25) is 5.91 Å². The lowest BCUT2D eigenvalue weighted by molar-refractivity contribution is -0.117. The van der Waals surface area contributed by atoms with Crippen LogP contribution in [0.5, 0.6) is 0 Å². The first-order valence-corrected chi connectivity index (χ1v) is 10.1. The molecule has 3 aromatic carbocycles. The van der Waals surface area contributed by atoms with Crippen molar-refractivity contribution in [2.24, 2.45) is 0 Å². The van der Waals surface area contributed by atoms with Gasteiger partial charge in [0.25, 0.3) is 0 Å². The van der Waals surface area contributed by atoms with Gasteiger partial charge < -0.3 is 4.90 Å². The van der Waals surface area contributed by atoms with Crippen LogP contribution in [0.15, 0.2) is 71.6 Å². The largest absolute Gasteiger partial charge is 0.315 e. The van der Waals surface area contributed by atoms with Crippen LogP contribution < -0.4 is 4.90 Å². The standard InChI is InChI=1S/C21H21NO3S/c1-16-7-11-20(12-8-16)26(24,25)14-13-21(23)22(2)19-10-9-17-5-3-4-6-18(17)15-19/h3-12,15H,13-14H2,1-2H3. The number of fused-ring (bicyclic) bond motifs is 1. The second-order valence-corrected chi connectivity index (χ2v) is 8.48. The van der Waals surface area contributed by atoms with Crippen LogP contribution in [0.25, 0.3) is 10.8 Å². The van der Waals surface area contributed by atoms with Crippen LogP contribution in [0.4, 0.5) is 5.69 Å². The van der Waals surface area contributed by atoms with Crippen LogP contribution in [0.1, 0.15) is 12.0 Å². The first-order valence-electron chi connectivity index (χ1n) is 8.41. The summed E-state index contributed by atoms with van der Waals surface area (Å²) >= 11 is 0. The van der Waals surface area contributed by atoms with Gasteiger partial charge in [0.15, 0.2) is 9.84 Å². The number of sulfone groups is 1. The van der Waals surface area contributed by atoms with Gasteiger partial charge in [0.1, 0.15) is 0 Å². The Morgan fingerprint density at radius 3 is 2.27 bits per heavy atom. The second kappa shape index (κ2) is 7.30. The topological polar surface area (TPSA) is 54.5 Å². The van der Waals surface area contributed by atoms with E-state index in [0.717, 1.165) is 22.0 Å². The third kappa shape index (κ3) is 3.94. The second-order valence-electron chi connectivity index (χ2n) is 6.37. The number of carbonyl (C=O) groups excluding carboxylic acids is 1. The molecule has 26 heavy (non-hydrogen) atoms. The predicted octanol–water partition coefficient (Wildman–Crippen LogP) is 3.98. The Morgan fingerprint density at radius 2 is 1.58 bits per heavy atom. The predicted molar refractivity (Wildman–Crippen MR) is 105 cm³/mol. The summed E-state index contributed by atoms with van der Waals surface area (Å²) in [7, 11) is -1.80. The highest BCUT2D eigenvalue weighted by atomic mass is 32.2. The summed E-state index contributed by atoms with van der Waals surface area (Å²) in [6.07, 6.45) is -0.0560. The molecule has 3 aromatic rings. The molecule has 0 radical (unpaired) electrons. The fourth-order valence-corrected chi connectivity index (χ4v) is 4.01. The summed E-state index contributed by atoms with van der Waals surface area (Å²) in [6.45, 7) is 1.90. The molecule has 4 nitrogen and oxygen atoms in total. The summed E-state index contributed by atoms with van der Waals surface area (Å²) in [5.41, 5.74) is 1.75. The Morgan fingerprint density at radius 1 is 0.923 bits per heavy atom. The van der Waals surface area contributed by atoms with Crippen molar-refractivity contribution in [1.82, 2.24) is 0 Å². The Balaban J connectivity index is 1.71. The number of hydrogen-bond donors (Lipinski definition) is 0. The van der Waals surface area contributed by atoms with E-state index in [4.69, 9.17) is 0 Å². The lowest BCUT2D eigenvalue weighted by atomic mass is 10.1. The van der Waals surface area contributed by atoms with Crippen molar-refractivity contribution in [3.05, 3.63) is 72.3 Å². The lowest BCUT2D eigenvalue weighted by Gasteiger charge is -2.18. The minimum absolute atomic E-state index is 0.0560. The molecule has 0 fully saturated rings. The van der Waals surface area contributed by atoms with Crippen molar-refractivity contribution in [3.63, 3.8) is 0 Å². The molecule has 0 saturated heterocycles. The summed E-state index contributed by atoms with van der Waals surface area (Å²) in [4.78, 5) is 14.2. The molecule has 0 spiro atoms. The van der Waals surface area contributed by atoms with Crippen molar-refractivity contribution < 1.29 is 13.2 Å². The number of nitrogens with zero attached hydrogens (tertiary/aromatic N) is 1. The molecule has 0 unspecified atom stereocenters. The van der Waals surface area contributed by atoms with Gasteiger partial charge in [0, 0.05) is 19.2 Å². The highest BCUT2D eigenvalue weighted by Gasteiger charge is 2.19. The van der Waals surface area contributed by atoms with Crippen molar-refractivity contribution in [1.29, 1.82) is 0 Å². The van der Waals surface area contributed by atoms with E-state index in [1.54, 1.807) is 31.3 Å². The number of anilines is 1. The Labute approximate surface area is 154 Å². The first-order chi connectivity index (χ1) is 12.4. The molecular formula is C21H21NO3S. The lowest BCUT2D eigenvalue weighted by Crippen LogP contribution is -2.28. The molecule has 0 aliphatic heterocycles. The van der Waals surface area contributed by atoms with Crippen LogP contribution in [-0.2, 0) is 14.6 Å². The zero-order valence-electron chi connectivity index (χ0n) is 14.8. The van der Waals surface area contributed by atoms with E-state index in [1.165, 1.54) is 4.90 Å². The van der Waals surface area contributed by atoms with E-state index in [9.17, 15) is 13.2 Å². The van der Waals surface area contributed by atoms with Crippen LogP contribution >= 0.6 is 0 Å². The number of amides is 1. The number of benzene rings is 3. The van der Waals surface area contributed by atoms with E-state index in [0.29, 0.717) is 0 Å². The molecule has 5 heteroatoms. The van der Waals surface area contributed by atoms with Gasteiger partial charge >= 0.3 is 0 Å². The molecule has 3 rings (SSSR count).